The number of hydrogen-bond acceptors (Lipinski definition) is 6. The average Bonchev–Trinajstić information content (AvgIpc) is 3.18. The molecular formula is C16H15FN6O3S. The molecule has 1 amide bonds. The molecule has 0 atom stereocenters. The molecule has 0 fully saturated rings. The topological polar surface area (TPSA) is 119 Å². The Morgan fingerprint density at radius 2 is 2.04 bits per heavy atom. The van der Waals surface area contributed by atoms with E-state index in [9.17, 15) is 17.6 Å². The van der Waals surface area contributed by atoms with Crippen LogP contribution in [0.2, 0.25) is 0 Å². The standard InChI is InChI=1S/C16H15FN6O3S/c1-2-19-27(25,26)13-5-3-4-11(8-13)16(24)20-15-9-12(6-7-14(15)17)23-10-18-21-22-23/h3-10,19H,2H2,1H3,(H,20,24). The van der Waals surface area contributed by atoms with Gasteiger partial charge in [-0.25, -0.2) is 22.2 Å². The van der Waals surface area contributed by atoms with Gasteiger partial charge < -0.3 is 5.32 Å². The Morgan fingerprint density at radius 3 is 2.74 bits per heavy atom. The Bertz CT molecular complexity index is 1070. The van der Waals surface area contributed by atoms with E-state index in [-0.39, 0.29) is 22.7 Å². The second kappa shape index (κ2) is 7.60. The molecule has 2 N–H and O–H groups in total. The van der Waals surface area contributed by atoms with E-state index in [0.29, 0.717) is 5.69 Å². The molecule has 3 aromatic rings. The van der Waals surface area contributed by atoms with Crippen LogP contribution >= 0.6 is 0 Å². The second-order valence-corrected chi connectivity index (χ2v) is 7.17. The van der Waals surface area contributed by atoms with Crippen LogP contribution in [-0.4, -0.2) is 41.1 Å². The summed E-state index contributed by atoms with van der Waals surface area (Å²) >= 11 is 0. The number of anilines is 1. The van der Waals surface area contributed by atoms with Crippen LogP contribution in [0, 0.1) is 5.82 Å². The van der Waals surface area contributed by atoms with Crippen molar-refractivity contribution in [2.24, 2.45) is 0 Å². The lowest BCUT2D eigenvalue weighted by molar-refractivity contribution is 0.102. The molecule has 0 aliphatic carbocycles. The molecule has 11 heteroatoms. The number of carbonyl (C=O) groups is 1. The van der Waals surface area contributed by atoms with Crippen LogP contribution in [0.3, 0.4) is 0 Å². The molecule has 0 radical (unpaired) electrons. The maximum absolute atomic E-state index is 14.1. The van der Waals surface area contributed by atoms with E-state index in [1.807, 2.05) is 0 Å². The quantitative estimate of drug-likeness (QED) is 0.656. The van der Waals surface area contributed by atoms with Crippen LogP contribution < -0.4 is 10.0 Å². The zero-order valence-electron chi connectivity index (χ0n) is 14.1. The molecule has 0 bridgehead atoms. The van der Waals surface area contributed by atoms with Crippen molar-refractivity contribution in [3.8, 4) is 5.69 Å². The fourth-order valence-electron chi connectivity index (χ4n) is 2.30. The first-order valence-electron chi connectivity index (χ1n) is 7.84. The van der Waals surface area contributed by atoms with Gasteiger partial charge in [0.1, 0.15) is 12.1 Å². The smallest absolute Gasteiger partial charge is 0.255 e. The van der Waals surface area contributed by atoms with Gasteiger partial charge in [-0.3, -0.25) is 4.79 Å². The van der Waals surface area contributed by atoms with Crippen LogP contribution in [0.4, 0.5) is 10.1 Å². The zero-order chi connectivity index (χ0) is 19.4. The fraction of sp³-hybridized carbons (Fsp3) is 0.125. The lowest BCUT2D eigenvalue weighted by Gasteiger charge is -2.10. The third-order valence-corrected chi connectivity index (χ3v) is 5.10. The van der Waals surface area contributed by atoms with Gasteiger partial charge in [0.15, 0.2) is 0 Å². The van der Waals surface area contributed by atoms with E-state index >= 15 is 0 Å². The summed E-state index contributed by atoms with van der Waals surface area (Å²) < 4.78 is 41.9. The monoisotopic (exact) mass is 390 g/mol. The summed E-state index contributed by atoms with van der Waals surface area (Å²) in [6.07, 6.45) is 1.33. The largest absolute Gasteiger partial charge is 0.319 e. The summed E-state index contributed by atoms with van der Waals surface area (Å²) in [5.74, 6) is -1.31. The van der Waals surface area contributed by atoms with Gasteiger partial charge >= 0.3 is 0 Å². The van der Waals surface area contributed by atoms with E-state index in [2.05, 4.69) is 25.6 Å². The maximum atomic E-state index is 14.1. The third-order valence-electron chi connectivity index (χ3n) is 3.55. The minimum atomic E-state index is -3.71. The number of rotatable bonds is 6. The SMILES string of the molecule is CCNS(=O)(=O)c1cccc(C(=O)Nc2cc(-n3cnnn3)ccc2F)c1. The molecule has 27 heavy (non-hydrogen) atoms. The molecule has 140 valence electrons. The van der Waals surface area contributed by atoms with Gasteiger partial charge in [0.2, 0.25) is 10.0 Å². The molecule has 0 saturated carbocycles. The maximum Gasteiger partial charge on any atom is 0.255 e. The predicted octanol–water partition coefficient (Wildman–Crippen LogP) is 1.35. The van der Waals surface area contributed by atoms with Crippen molar-refractivity contribution in [2.45, 2.75) is 11.8 Å². The van der Waals surface area contributed by atoms with Crippen LogP contribution in [0.25, 0.3) is 5.69 Å². The molecular weight excluding hydrogens is 375 g/mol. The van der Waals surface area contributed by atoms with E-state index in [4.69, 9.17) is 0 Å². The Labute approximate surface area is 154 Å². The lowest BCUT2D eigenvalue weighted by Crippen LogP contribution is -2.23. The molecule has 3 rings (SSSR count). The molecule has 0 unspecified atom stereocenters. The first-order valence-corrected chi connectivity index (χ1v) is 9.33. The van der Waals surface area contributed by atoms with Crippen LogP contribution in [-0.2, 0) is 10.0 Å². The Kier molecular flexibility index (Phi) is 5.23. The Morgan fingerprint density at radius 1 is 1.22 bits per heavy atom. The molecule has 0 saturated heterocycles. The number of amides is 1. The first-order chi connectivity index (χ1) is 12.9. The molecule has 9 nitrogen and oxygen atoms in total. The Balaban J connectivity index is 1.87. The highest BCUT2D eigenvalue weighted by molar-refractivity contribution is 7.89. The summed E-state index contributed by atoms with van der Waals surface area (Å²) in [5.41, 5.74) is 0.425. The summed E-state index contributed by atoms with van der Waals surface area (Å²) in [6, 6.07) is 9.44. The number of aromatic nitrogens is 4. The Hall–Kier alpha value is -3.18. The number of nitrogens with zero attached hydrogens (tertiary/aromatic N) is 4. The molecule has 2 aromatic carbocycles. The number of carbonyl (C=O) groups excluding carboxylic acids is 1. The summed E-state index contributed by atoms with van der Waals surface area (Å²) in [4.78, 5) is 12.4. The van der Waals surface area contributed by atoms with Crippen molar-refractivity contribution < 1.29 is 17.6 Å². The average molecular weight is 390 g/mol. The molecule has 0 aliphatic rings. The van der Waals surface area contributed by atoms with Gasteiger partial charge in [0.05, 0.1) is 16.3 Å². The summed E-state index contributed by atoms with van der Waals surface area (Å²) in [6.45, 7) is 1.86. The van der Waals surface area contributed by atoms with Crippen molar-refractivity contribution in [3.05, 3.63) is 60.2 Å². The molecule has 0 aliphatic heterocycles. The summed E-state index contributed by atoms with van der Waals surface area (Å²) in [5, 5.41) is 13.1. The first kappa shape index (κ1) is 18.6. The molecule has 1 heterocycles. The fourth-order valence-corrected chi connectivity index (χ4v) is 3.39. The van der Waals surface area contributed by atoms with Gasteiger partial charge in [0, 0.05) is 12.1 Å². The van der Waals surface area contributed by atoms with Crippen LogP contribution in [0.1, 0.15) is 17.3 Å². The van der Waals surface area contributed by atoms with Crippen molar-refractivity contribution in [1.29, 1.82) is 0 Å². The third kappa shape index (κ3) is 4.15. The van der Waals surface area contributed by atoms with Crippen LogP contribution in [0.5, 0.6) is 0 Å². The van der Waals surface area contributed by atoms with Gasteiger partial charge in [-0.2, -0.15) is 0 Å². The second-order valence-electron chi connectivity index (χ2n) is 5.40. The minimum Gasteiger partial charge on any atom is -0.319 e. The number of benzene rings is 2. The molecule has 0 spiro atoms. The van der Waals surface area contributed by atoms with Crippen LogP contribution in [0.15, 0.2) is 53.7 Å². The number of tetrazole rings is 1. The number of hydrogen-bond donors (Lipinski definition) is 2. The molecule has 1 aromatic heterocycles. The number of sulfonamides is 1. The normalized spacial score (nSPS) is 11.3. The van der Waals surface area contributed by atoms with E-state index in [1.54, 1.807) is 6.92 Å². The van der Waals surface area contributed by atoms with Crippen molar-refractivity contribution in [3.63, 3.8) is 0 Å². The van der Waals surface area contributed by atoms with Crippen molar-refractivity contribution >= 4 is 21.6 Å². The van der Waals surface area contributed by atoms with E-state index < -0.39 is 21.7 Å². The van der Waals surface area contributed by atoms with Gasteiger partial charge in [-0.05, 0) is 46.8 Å². The number of nitrogens with one attached hydrogen (secondary N) is 2. The minimum absolute atomic E-state index is 0.0556. The highest BCUT2D eigenvalue weighted by atomic mass is 32.2. The predicted molar refractivity (Wildman–Crippen MR) is 94.4 cm³/mol. The summed E-state index contributed by atoms with van der Waals surface area (Å²) in [7, 11) is -3.71. The van der Waals surface area contributed by atoms with E-state index in [1.165, 1.54) is 53.5 Å². The number of halogens is 1. The highest BCUT2D eigenvalue weighted by Crippen LogP contribution is 2.20. The van der Waals surface area contributed by atoms with Gasteiger partial charge in [-0.15, -0.1) is 5.10 Å². The van der Waals surface area contributed by atoms with Crippen molar-refractivity contribution in [1.82, 2.24) is 24.9 Å². The van der Waals surface area contributed by atoms with E-state index in [0.717, 1.165) is 0 Å². The van der Waals surface area contributed by atoms with Gasteiger partial charge in [0.25, 0.3) is 5.91 Å². The zero-order valence-corrected chi connectivity index (χ0v) is 14.9. The lowest BCUT2D eigenvalue weighted by atomic mass is 10.2. The highest BCUT2D eigenvalue weighted by Gasteiger charge is 2.16. The van der Waals surface area contributed by atoms with Gasteiger partial charge in [-0.1, -0.05) is 13.0 Å². The van der Waals surface area contributed by atoms with Crippen molar-refractivity contribution in [2.75, 3.05) is 11.9 Å².